The number of amides is 2. The molecule has 0 spiro atoms. The lowest BCUT2D eigenvalue weighted by Gasteiger charge is -2.21. The standard InChI is InChI=1S/C18H24N2O3/c1-2-23-12-17(21)19-15-8-7-13-9-10-20(16(13)11-15)18(22)14-5-3-4-6-14/h7-8,11,14H,2-6,9-10,12H2,1H3,(H,19,21). The van der Waals surface area contributed by atoms with Crippen LogP contribution in [0.1, 0.15) is 38.2 Å². The molecular formula is C18H24N2O3. The second-order valence-electron chi connectivity index (χ2n) is 6.25. The summed E-state index contributed by atoms with van der Waals surface area (Å²) in [5, 5.41) is 2.83. The minimum Gasteiger partial charge on any atom is -0.372 e. The van der Waals surface area contributed by atoms with Gasteiger partial charge < -0.3 is 15.0 Å². The predicted octanol–water partition coefficient (Wildman–Crippen LogP) is 2.74. The Kier molecular flexibility index (Phi) is 4.96. The van der Waals surface area contributed by atoms with Gasteiger partial charge in [-0.05, 0) is 43.9 Å². The number of ether oxygens (including phenoxy) is 1. The van der Waals surface area contributed by atoms with E-state index in [4.69, 9.17) is 4.74 Å². The zero-order chi connectivity index (χ0) is 16.2. The van der Waals surface area contributed by atoms with Gasteiger partial charge in [-0.2, -0.15) is 0 Å². The number of fused-ring (bicyclic) bond motifs is 1. The number of hydrogen-bond donors (Lipinski definition) is 1. The van der Waals surface area contributed by atoms with Crippen LogP contribution in [0, 0.1) is 5.92 Å². The van der Waals surface area contributed by atoms with Gasteiger partial charge in [-0.3, -0.25) is 9.59 Å². The Labute approximate surface area is 137 Å². The van der Waals surface area contributed by atoms with Crippen LogP contribution in [0.2, 0.25) is 0 Å². The van der Waals surface area contributed by atoms with E-state index in [0.717, 1.165) is 50.0 Å². The molecule has 0 unspecified atom stereocenters. The number of carbonyl (C=O) groups excluding carboxylic acids is 2. The Morgan fingerprint density at radius 3 is 2.83 bits per heavy atom. The minimum absolute atomic E-state index is 0.0539. The normalized spacial score (nSPS) is 17.3. The van der Waals surface area contributed by atoms with Gasteiger partial charge in [0.05, 0.1) is 0 Å². The highest BCUT2D eigenvalue weighted by Crippen LogP contribution is 2.35. The van der Waals surface area contributed by atoms with Crippen LogP contribution in [0.15, 0.2) is 18.2 Å². The lowest BCUT2D eigenvalue weighted by Crippen LogP contribution is -2.33. The number of carbonyl (C=O) groups is 2. The van der Waals surface area contributed by atoms with Crippen LogP contribution in [-0.2, 0) is 20.7 Å². The van der Waals surface area contributed by atoms with Crippen molar-refractivity contribution in [1.29, 1.82) is 0 Å². The van der Waals surface area contributed by atoms with Crippen molar-refractivity contribution in [3.05, 3.63) is 23.8 Å². The Bertz CT molecular complexity index is 594. The zero-order valence-corrected chi connectivity index (χ0v) is 13.6. The van der Waals surface area contributed by atoms with E-state index in [9.17, 15) is 9.59 Å². The van der Waals surface area contributed by atoms with Crippen LogP contribution in [-0.4, -0.2) is 31.6 Å². The third-order valence-corrected chi connectivity index (χ3v) is 4.67. The molecule has 1 N–H and O–H groups in total. The molecule has 0 radical (unpaired) electrons. The van der Waals surface area contributed by atoms with Gasteiger partial charge in [0.2, 0.25) is 11.8 Å². The maximum absolute atomic E-state index is 12.7. The summed E-state index contributed by atoms with van der Waals surface area (Å²) < 4.78 is 5.11. The maximum Gasteiger partial charge on any atom is 0.250 e. The third kappa shape index (κ3) is 3.55. The molecule has 2 aliphatic rings. The molecular weight excluding hydrogens is 292 g/mol. The summed E-state index contributed by atoms with van der Waals surface area (Å²) >= 11 is 0. The number of benzene rings is 1. The number of nitrogens with zero attached hydrogens (tertiary/aromatic N) is 1. The van der Waals surface area contributed by atoms with Gasteiger partial charge in [0.15, 0.2) is 0 Å². The lowest BCUT2D eigenvalue weighted by atomic mass is 10.1. The van der Waals surface area contributed by atoms with Gasteiger partial charge in [-0.25, -0.2) is 0 Å². The van der Waals surface area contributed by atoms with Crippen molar-refractivity contribution in [2.75, 3.05) is 30.0 Å². The van der Waals surface area contributed by atoms with E-state index >= 15 is 0 Å². The van der Waals surface area contributed by atoms with Gasteiger partial charge in [0.1, 0.15) is 6.61 Å². The monoisotopic (exact) mass is 316 g/mol. The molecule has 1 aliphatic carbocycles. The fourth-order valence-electron chi connectivity index (χ4n) is 3.47. The summed E-state index contributed by atoms with van der Waals surface area (Å²) in [5.74, 6) is 0.259. The third-order valence-electron chi connectivity index (χ3n) is 4.67. The van der Waals surface area contributed by atoms with E-state index in [2.05, 4.69) is 5.32 Å². The molecule has 1 aromatic rings. The smallest absolute Gasteiger partial charge is 0.250 e. The number of anilines is 2. The molecule has 3 rings (SSSR count). The second kappa shape index (κ2) is 7.13. The molecule has 1 saturated carbocycles. The molecule has 5 nitrogen and oxygen atoms in total. The summed E-state index contributed by atoms with van der Waals surface area (Å²) in [5.41, 5.74) is 2.86. The first-order chi connectivity index (χ1) is 11.2. The molecule has 2 amide bonds. The number of hydrogen-bond acceptors (Lipinski definition) is 3. The highest BCUT2D eigenvalue weighted by atomic mass is 16.5. The minimum atomic E-state index is -0.168. The molecule has 5 heteroatoms. The van der Waals surface area contributed by atoms with E-state index < -0.39 is 0 Å². The first-order valence-electron chi connectivity index (χ1n) is 8.51. The Hall–Kier alpha value is -1.88. The summed E-state index contributed by atoms with van der Waals surface area (Å²) in [6, 6.07) is 5.82. The first-order valence-corrected chi connectivity index (χ1v) is 8.51. The van der Waals surface area contributed by atoms with Gasteiger partial charge in [0.25, 0.3) is 0 Å². The quantitative estimate of drug-likeness (QED) is 0.908. The topological polar surface area (TPSA) is 58.6 Å². The van der Waals surface area contributed by atoms with Crippen molar-refractivity contribution in [1.82, 2.24) is 0 Å². The van der Waals surface area contributed by atoms with Crippen molar-refractivity contribution in [2.24, 2.45) is 5.92 Å². The molecule has 1 fully saturated rings. The largest absolute Gasteiger partial charge is 0.372 e. The predicted molar refractivity (Wildman–Crippen MR) is 89.6 cm³/mol. The molecule has 1 heterocycles. The fraction of sp³-hybridized carbons (Fsp3) is 0.556. The summed E-state index contributed by atoms with van der Waals surface area (Å²) in [6.45, 7) is 3.18. The Balaban J connectivity index is 1.72. The molecule has 1 aliphatic heterocycles. The molecule has 1 aromatic carbocycles. The number of rotatable bonds is 5. The van der Waals surface area contributed by atoms with Crippen LogP contribution >= 0.6 is 0 Å². The molecule has 124 valence electrons. The highest BCUT2D eigenvalue weighted by Gasteiger charge is 2.31. The maximum atomic E-state index is 12.7. The van der Waals surface area contributed by atoms with Gasteiger partial charge in [-0.1, -0.05) is 18.9 Å². The van der Waals surface area contributed by atoms with Gasteiger partial charge in [-0.15, -0.1) is 0 Å². The molecule has 0 atom stereocenters. The van der Waals surface area contributed by atoms with Crippen LogP contribution in [0.5, 0.6) is 0 Å². The van der Waals surface area contributed by atoms with Crippen molar-refractivity contribution >= 4 is 23.2 Å². The highest BCUT2D eigenvalue weighted by molar-refractivity contribution is 5.99. The average Bonchev–Trinajstić information content (AvgIpc) is 3.21. The lowest BCUT2D eigenvalue weighted by molar-refractivity contribution is -0.122. The zero-order valence-electron chi connectivity index (χ0n) is 13.6. The molecule has 0 bridgehead atoms. The number of nitrogens with one attached hydrogen (secondary N) is 1. The SMILES string of the molecule is CCOCC(=O)Nc1ccc2c(c1)N(C(=O)C1CCCC1)CC2. The molecule has 0 aromatic heterocycles. The van der Waals surface area contributed by atoms with Crippen molar-refractivity contribution in [3.63, 3.8) is 0 Å². The van der Waals surface area contributed by atoms with Crippen LogP contribution < -0.4 is 10.2 Å². The molecule has 23 heavy (non-hydrogen) atoms. The summed E-state index contributed by atoms with van der Waals surface area (Å²) in [4.78, 5) is 26.4. The van der Waals surface area contributed by atoms with Crippen molar-refractivity contribution in [2.45, 2.75) is 39.0 Å². The molecule has 0 saturated heterocycles. The van der Waals surface area contributed by atoms with Crippen LogP contribution in [0.25, 0.3) is 0 Å². The van der Waals surface area contributed by atoms with E-state index in [1.54, 1.807) is 0 Å². The average molecular weight is 316 g/mol. The van der Waals surface area contributed by atoms with E-state index in [1.807, 2.05) is 30.0 Å². The van der Waals surface area contributed by atoms with Gasteiger partial charge >= 0.3 is 0 Å². The fourth-order valence-corrected chi connectivity index (χ4v) is 3.47. The van der Waals surface area contributed by atoms with Crippen molar-refractivity contribution in [3.8, 4) is 0 Å². The van der Waals surface area contributed by atoms with E-state index in [-0.39, 0.29) is 24.3 Å². The van der Waals surface area contributed by atoms with Crippen LogP contribution in [0.3, 0.4) is 0 Å². The van der Waals surface area contributed by atoms with Crippen molar-refractivity contribution < 1.29 is 14.3 Å². The Morgan fingerprint density at radius 1 is 1.30 bits per heavy atom. The summed E-state index contributed by atoms with van der Waals surface area (Å²) in [6.07, 6.45) is 5.22. The first kappa shape index (κ1) is 16.0. The summed E-state index contributed by atoms with van der Waals surface area (Å²) in [7, 11) is 0. The van der Waals surface area contributed by atoms with Gasteiger partial charge in [0, 0.05) is 30.4 Å². The second-order valence-corrected chi connectivity index (χ2v) is 6.25. The van der Waals surface area contributed by atoms with Crippen LogP contribution in [0.4, 0.5) is 11.4 Å². The van der Waals surface area contributed by atoms with E-state index in [0.29, 0.717) is 6.61 Å². The van der Waals surface area contributed by atoms with E-state index in [1.165, 1.54) is 5.56 Å². The Morgan fingerprint density at radius 2 is 2.09 bits per heavy atom.